The first-order valence-electron chi connectivity index (χ1n) is 7.20. The summed E-state index contributed by atoms with van der Waals surface area (Å²) in [6.07, 6.45) is 9.54. The van der Waals surface area contributed by atoms with Crippen LogP contribution in [0, 0.1) is 5.92 Å². The van der Waals surface area contributed by atoms with E-state index in [-0.39, 0.29) is 5.54 Å². The van der Waals surface area contributed by atoms with Gasteiger partial charge in [-0.1, -0.05) is 39.5 Å². The fourth-order valence-corrected chi connectivity index (χ4v) is 3.64. The first kappa shape index (κ1) is 12.4. The SMILES string of the molecule is CCCC1(N)CN(C2CCCC(CC)C2)C1. The Bertz CT molecular complexity index is 221. The highest BCUT2D eigenvalue weighted by atomic mass is 15.3. The lowest BCUT2D eigenvalue weighted by Crippen LogP contribution is -2.69. The summed E-state index contributed by atoms with van der Waals surface area (Å²) in [6.45, 7) is 6.89. The molecule has 0 aromatic rings. The molecule has 2 atom stereocenters. The van der Waals surface area contributed by atoms with Crippen molar-refractivity contribution in [3.8, 4) is 0 Å². The van der Waals surface area contributed by atoms with Gasteiger partial charge in [-0.05, 0) is 25.2 Å². The third-order valence-electron chi connectivity index (χ3n) is 4.63. The van der Waals surface area contributed by atoms with Gasteiger partial charge >= 0.3 is 0 Å². The van der Waals surface area contributed by atoms with Gasteiger partial charge in [0, 0.05) is 24.7 Å². The van der Waals surface area contributed by atoms with Crippen LogP contribution in [0.3, 0.4) is 0 Å². The molecule has 0 amide bonds. The Labute approximate surface area is 101 Å². The molecule has 2 unspecified atom stereocenters. The van der Waals surface area contributed by atoms with E-state index in [1.807, 2.05) is 0 Å². The number of nitrogens with two attached hydrogens (primary N) is 1. The Morgan fingerprint density at radius 1 is 1.25 bits per heavy atom. The van der Waals surface area contributed by atoms with Crippen LogP contribution < -0.4 is 5.73 Å². The molecule has 2 rings (SSSR count). The summed E-state index contributed by atoms with van der Waals surface area (Å²) >= 11 is 0. The first-order chi connectivity index (χ1) is 7.67. The highest BCUT2D eigenvalue weighted by molar-refractivity contribution is 5.02. The van der Waals surface area contributed by atoms with E-state index in [1.165, 1.54) is 44.9 Å². The average Bonchev–Trinajstić information content (AvgIpc) is 2.26. The Kier molecular flexibility index (Phi) is 3.91. The second-order valence-corrected chi connectivity index (χ2v) is 6.11. The van der Waals surface area contributed by atoms with Gasteiger partial charge < -0.3 is 5.73 Å². The number of rotatable bonds is 4. The molecule has 1 aliphatic carbocycles. The van der Waals surface area contributed by atoms with E-state index in [2.05, 4.69) is 18.7 Å². The highest BCUT2D eigenvalue weighted by Crippen LogP contribution is 2.34. The van der Waals surface area contributed by atoms with Gasteiger partial charge in [-0.25, -0.2) is 0 Å². The predicted molar refractivity (Wildman–Crippen MR) is 69.4 cm³/mol. The van der Waals surface area contributed by atoms with Crippen molar-refractivity contribution < 1.29 is 0 Å². The van der Waals surface area contributed by atoms with Gasteiger partial charge in [0.05, 0.1) is 0 Å². The Morgan fingerprint density at radius 2 is 2.00 bits per heavy atom. The highest BCUT2D eigenvalue weighted by Gasteiger charge is 2.42. The Balaban J connectivity index is 1.78. The maximum absolute atomic E-state index is 6.34. The quantitative estimate of drug-likeness (QED) is 0.795. The minimum absolute atomic E-state index is 0.161. The summed E-state index contributed by atoms with van der Waals surface area (Å²) in [6, 6.07) is 0.854. The smallest absolute Gasteiger partial charge is 0.0412 e. The molecule has 2 N–H and O–H groups in total. The van der Waals surface area contributed by atoms with Crippen molar-refractivity contribution in [2.24, 2.45) is 11.7 Å². The Hall–Kier alpha value is -0.0800. The first-order valence-corrected chi connectivity index (χ1v) is 7.20. The van der Waals surface area contributed by atoms with Crippen LogP contribution in [0.2, 0.25) is 0 Å². The zero-order valence-corrected chi connectivity index (χ0v) is 11.0. The molecule has 0 aromatic carbocycles. The van der Waals surface area contributed by atoms with Crippen LogP contribution in [0.5, 0.6) is 0 Å². The van der Waals surface area contributed by atoms with Gasteiger partial charge in [0.15, 0.2) is 0 Å². The fraction of sp³-hybridized carbons (Fsp3) is 1.00. The number of likely N-dealkylation sites (tertiary alicyclic amines) is 1. The van der Waals surface area contributed by atoms with E-state index < -0.39 is 0 Å². The molecule has 0 bridgehead atoms. The van der Waals surface area contributed by atoms with Crippen LogP contribution in [0.15, 0.2) is 0 Å². The summed E-state index contributed by atoms with van der Waals surface area (Å²) in [5.41, 5.74) is 6.50. The van der Waals surface area contributed by atoms with E-state index in [0.717, 1.165) is 25.0 Å². The minimum atomic E-state index is 0.161. The molecule has 2 fully saturated rings. The normalized spacial score (nSPS) is 34.7. The third-order valence-corrected chi connectivity index (χ3v) is 4.63. The lowest BCUT2D eigenvalue weighted by Gasteiger charge is -2.53. The van der Waals surface area contributed by atoms with Crippen molar-refractivity contribution in [2.45, 2.75) is 70.4 Å². The summed E-state index contributed by atoms with van der Waals surface area (Å²) < 4.78 is 0. The van der Waals surface area contributed by atoms with Gasteiger partial charge in [-0.15, -0.1) is 0 Å². The molecule has 0 radical (unpaired) electrons. The standard InChI is InChI=1S/C14H28N2/c1-3-8-14(15)10-16(11-14)13-7-5-6-12(4-2)9-13/h12-13H,3-11,15H2,1-2H3. The number of hydrogen-bond acceptors (Lipinski definition) is 2. The molecule has 94 valence electrons. The molecule has 16 heavy (non-hydrogen) atoms. The summed E-state index contributed by atoms with van der Waals surface area (Å²) in [7, 11) is 0. The molecular formula is C14H28N2. The van der Waals surface area contributed by atoms with Gasteiger partial charge in [0.2, 0.25) is 0 Å². The second-order valence-electron chi connectivity index (χ2n) is 6.11. The Morgan fingerprint density at radius 3 is 2.62 bits per heavy atom. The van der Waals surface area contributed by atoms with Crippen molar-refractivity contribution in [1.82, 2.24) is 4.90 Å². The van der Waals surface area contributed by atoms with Crippen LogP contribution in [0.25, 0.3) is 0 Å². The molecule has 1 aliphatic heterocycles. The van der Waals surface area contributed by atoms with E-state index in [9.17, 15) is 0 Å². The maximum Gasteiger partial charge on any atom is 0.0412 e. The molecule has 0 aromatic heterocycles. The van der Waals surface area contributed by atoms with Crippen molar-refractivity contribution in [1.29, 1.82) is 0 Å². The average molecular weight is 224 g/mol. The maximum atomic E-state index is 6.34. The second kappa shape index (κ2) is 5.05. The van der Waals surface area contributed by atoms with E-state index >= 15 is 0 Å². The van der Waals surface area contributed by atoms with E-state index in [1.54, 1.807) is 0 Å². The van der Waals surface area contributed by atoms with Crippen LogP contribution in [-0.2, 0) is 0 Å². The van der Waals surface area contributed by atoms with Crippen molar-refractivity contribution in [2.75, 3.05) is 13.1 Å². The molecule has 1 heterocycles. The molecule has 1 saturated carbocycles. The van der Waals surface area contributed by atoms with Gasteiger partial charge in [0.1, 0.15) is 0 Å². The summed E-state index contributed by atoms with van der Waals surface area (Å²) in [5.74, 6) is 0.984. The zero-order valence-electron chi connectivity index (χ0n) is 11.0. The minimum Gasteiger partial charge on any atom is -0.323 e. The predicted octanol–water partition coefficient (Wildman–Crippen LogP) is 2.77. The van der Waals surface area contributed by atoms with Crippen molar-refractivity contribution >= 4 is 0 Å². The summed E-state index contributed by atoms with van der Waals surface area (Å²) in [5, 5.41) is 0. The number of nitrogens with zero attached hydrogens (tertiary/aromatic N) is 1. The fourth-order valence-electron chi connectivity index (χ4n) is 3.64. The van der Waals surface area contributed by atoms with Crippen LogP contribution in [0.4, 0.5) is 0 Å². The molecule has 2 heteroatoms. The lowest BCUT2D eigenvalue weighted by atomic mass is 9.78. The van der Waals surface area contributed by atoms with E-state index in [4.69, 9.17) is 5.73 Å². The molecule has 2 aliphatic rings. The van der Waals surface area contributed by atoms with Crippen LogP contribution in [0.1, 0.15) is 58.8 Å². The molecule has 1 saturated heterocycles. The topological polar surface area (TPSA) is 29.3 Å². The monoisotopic (exact) mass is 224 g/mol. The molecule has 0 spiro atoms. The van der Waals surface area contributed by atoms with Crippen molar-refractivity contribution in [3.05, 3.63) is 0 Å². The largest absolute Gasteiger partial charge is 0.323 e. The lowest BCUT2D eigenvalue weighted by molar-refractivity contribution is 0.000732. The van der Waals surface area contributed by atoms with Crippen molar-refractivity contribution in [3.63, 3.8) is 0 Å². The summed E-state index contributed by atoms with van der Waals surface area (Å²) in [4.78, 5) is 2.65. The van der Waals surface area contributed by atoms with Gasteiger partial charge in [-0.3, -0.25) is 4.90 Å². The third kappa shape index (κ3) is 2.60. The zero-order chi connectivity index (χ0) is 11.6. The van der Waals surface area contributed by atoms with Gasteiger partial charge in [0.25, 0.3) is 0 Å². The molecular weight excluding hydrogens is 196 g/mol. The van der Waals surface area contributed by atoms with Crippen LogP contribution in [-0.4, -0.2) is 29.6 Å². The van der Waals surface area contributed by atoms with Crippen LogP contribution >= 0.6 is 0 Å². The van der Waals surface area contributed by atoms with Gasteiger partial charge in [-0.2, -0.15) is 0 Å². The molecule has 2 nitrogen and oxygen atoms in total. The van der Waals surface area contributed by atoms with E-state index in [0.29, 0.717) is 0 Å². The number of hydrogen-bond donors (Lipinski definition) is 1.